The van der Waals surface area contributed by atoms with Gasteiger partial charge >= 0.3 is 0 Å². The third-order valence-electron chi connectivity index (χ3n) is 2.90. The lowest BCUT2D eigenvalue weighted by Crippen LogP contribution is -2.37. The highest BCUT2D eigenvalue weighted by Gasteiger charge is 2.11. The van der Waals surface area contributed by atoms with Gasteiger partial charge < -0.3 is 4.74 Å². The summed E-state index contributed by atoms with van der Waals surface area (Å²) >= 11 is 3.09. The zero-order chi connectivity index (χ0) is 14.2. The SMILES string of the molecule is CCc1nnc(NC(=O)CSCCN2CCOCC2)s1. The van der Waals surface area contributed by atoms with E-state index in [0.29, 0.717) is 10.9 Å². The van der Waals surface area contributed by atoms with Crippen LogP contribution in [0.2, 0.25) is 0 Å². The molecular formula is C12H20N4O2S2. The Labute approximate surface area is 127 Å². The van der Waals surface area contributed by atoms with Gasteiger partial charge in [-0.3, -0.25) is 15.0 Å². The van der Waals surface area contributed by atoms with Crippen LogP contribution in [-0.2, 0) is 16.0 Å². The average Bonchev–Trinajstić information content (AvgIpc) is 2.92. The standard InChI is InChI=1S/C12H20N4O2S2/c1-2-11-14-15-12(20-11)13-10(17)9-19-8-5-16-3-6-18-7-4-16/h2-9H2,1H3,(H,13,15,17). The lowest BCUT2D eigenvalue weighted by molar-refractivity contribution is -0.113. The second kappa shape index (κ2) is 8.56. The number of thioether (sulfide) groups is 1. The van der Waals surface area contributed by atoms with Gasteiger partial charge in [-0.25, -0.2) is 0 Å². The third kappa shape index (κ3) is 5.35. The summed E-state index contributed by atoms with van der Waals surface area (Å²) in [5.41, 5.74) is 0. The molecule has 0 aromatic carbocycles. The molecule has 1 aliphatic rings. The molecule has 1 aromatic heterocycles. The Kier molecular flexibility index (Phi) is 6.71. The van der Waals surface area contributed by atoms with Gasteiger partial charge in [0.1, 0.15) is 5.01 Å². The summed E-state index contributed by atoms with van der Waals surface area (Å²) in [5, 5.41) is 12.2. The number of carbonyl (C=O) groups is 1. The number of aromatic nitrogens is 2. The van der Waals surface area contributed by atoms with Gasteiger partial charge in [0.15, 0.2) is 0 Å². The molecule has 6 nitrogen and oxygen atoms in total. The predicted molar refractivity (Wildman–Crippen MR) is 82.5 cm³/mol. The summed E-state index contributed by atoms with van der Waals surface area (Å²) in [7, 11) is 0. The number of carbonyl (C=O) groups excluding carboxylic acids is 1. The molecule has 1 fully saturated rings. The summed E-state index contributed by atoms with van der Waals surface area (Å²) in [6.07, 6.45) is 0.849. The molecule has 8 heteroatoms. The van der Waals surface area contributed by atoms with Gasteiger partial charge in [0, 0.05) is 25.4 Å². The van der Waals surface area contributed by atoms with Gasteiger partial charge in [0.25, 0.3) is 0 Å². The Morgan fingerprint density at radius 3 is 2.95 bits per heavy atom. The molecule has 0 atom stereocenters. The maximum atomic E-state index is 11.7. The van der Waals surface area contributed by atoms with Crippen LogP contribution in [0.5, 0.6) is 0 Å². The number of hydrogen-bond acceptors (Lipinski definition) is 7. The summed E-state index contributed by atoms with van der Waals surface area (Å²) in [6.45, 7) is 6.67. The van der Waals surface area contributed by atoms with Crippen LogP contribution in [0.15, 0.2) is 0 Å². The van der Waals surface area contributed by atoms with Crippen molar-refractivity contribution in [2.24, 2.45) is 0 Å². The summed E-state index contributed by atoms with van der Waals surface area (Å²) < 4.78 is 5.30. The number of hydrogen-bond donors (Lipinski definition) is 1. The van der Waals surface area contributed by atoms with Crippen molar-refractivity contribution in [3.63, 3.8) is 0 Å². The molecule has 0 radical (unpaired) electrons. The van der Waals surface area contributed by atoms with Gasteiger partial charge in [-0.05, 0) is 6.42 Å². The van der Waals surface area contributed by atoms with Gasteiger partial charge in [-0.2, -0.15) is 11.8 Å². The molecule has 2 rings (SSSR count). The smallest absolute Gasteiger partial charge is 0.236 e. The summed E-state index contributed by atoms with van der Waals surface area (Å²) in [6, 6.07) is 0. The van der Waals surface area contributed by atoms with Crippen molar-refractivity contribution in [3.05, 3.63) is 5.01 Å². The fourth-order valence-corrected chi connectivity index (χ4v) is 3.27. The molecule has 112 valence electrons. The average molecular weight is 316 g/mol. The lowest BCUT2D eigenvalue weighted by Gasteiger charge is -2.26. The van der Waals surface area contributed by atoms with E-state index in [-0.39, 0.29) is 5.91 Å². The second-order valence-electron chi connectivity index (χ2n) is 4.41. The first-order valence-electron chi connectivity index (χ1n) is 6.78. The van der Waals surface area contributed by atoms with Crippen molar-refractivity contribution in [2.75, 3.05) is 49.7 Å². The van der Waals surface area contributed by atoms with Crippen LogP contribution >= 0.6 is 23.1 Å². The maximum absolute atomic E-state index is 11.7. The van der Waals surface area contributed by atoms with Crippen LogP contribution in [0, 0.1) is 0 Å². The number of nitrogens with one attached hydrogen (secondary N) is 1. The molecule has 0 bridgehead atoms. The van der Waals surface area contributed by atoms with Crippen molar-refractivity contribution in [2.45, 2.75) is 13.3 Å². The number of amides is 1. The van der Waals surface area contributed by atoms with E-state index in [0.717, 1.165) is 50.0 Å². The van der Waals surface area contributed by atoms with Gasteiger partial charge in [0.2, 0.25) is 11.0 Å². The highest BCUT2D eigenvalue weighted by Crippen LogP contribution is 2.15. The number of aryl methyl sites for hydroxylation is 1. The largest absolute Gasteiger partial charge is 0.379 e. The van der Waals surface area contributed by atoms with Crippen molar-refractivity contribution in [1.82, 2.24) is 15.1 Å². The van der Waals surface area contributed by atoms with Crippen molar-refractivity contribution < 1.29 is 9.53 Å². The Morgan fingerprint density at radius 1 is 1.45 bits per heavy atom. The Balaban J connectivity index is 1.57. The molecule has 2 heterocycles. The van der Waals surface area contributed by atoms with Crippen molar-refractivity contribution in [1.29, 1.82) is 0 Å². The van der Waals surface area contributed by atoms with E-state index in [9.17, 15) is 4.79 Å². The quantitative estimate of drug-likeness (QED) is 0.760. The highest BCUT2D eigenvalue weighted by molar-refractivity contribution is 7.99. The Bertz CT molecular complexity index is 421. The van der Waals surface area contributed by atoms with Crippen LogP contribution in [0.25, 0.3) is 0 Å². The molecule has 1 aliphatic heterocycles. The third-order valence-corrected chi connectivity index (χ3v) is 4.82. The molecule has 0 aliphatic carbocycles. The van der Waals surface area contributed by atoms with Crippen LogP contribution in [0.4, 0.5) is 5.13 Å². The predicted octanol–water partition coefficient (Wildman–Crippen LogP) is 1.10. The van der Waals surface area contributed by atoms with E-state index in [1.54, 1.807) is 11.8 Å². The second-order valence-corrected chi connectivity index (χ2v) is 6.58. The minimum absolute atomic E-state index is 0.00391. The van der Waals surface area contributed by atoms with Crippen LogP contribution in [0.3, 0.4) is 0 Å². The molecule has 1 saturated heterocycles. The number of anilines is 1. The summed E-state index contributed by atoms with van der Waals surface area (Å²) in [4.78, 5) is 14.1. The number of nitrogens with zero attached hydrogens (tertiary/aromatic N) is 3. The fourth-order valence-electron chi connectivity index (χ4n) is 1.79. The van der Waals surface area contributed by atoms with Gasteiger partial charge in [-0.1, -0.05) is 18.3 Å². The molecular weight excluding hydrogens is 296 g/mol. The number of morpholine rings is 1. The first-order valence-corrected chi connectivity index (χ1v) is 8.75. The van der Waals surface area contributed by atoms with Gasteiger partial charge in [-0.15, -0.1) is 10.2 Å². The van der Waals surface area contributed by atoms with E-state index in [2.05, 4.69) is 20.4 Å². The zero-order valence-corrected chi connectivity index (χ0v) is 13.3. The van der Waals surface area contributed by atoms with Crippen LogP contribution in [0.1, 0.15) is 11.9 Å². The summed E-state index contributed by atoms with van der Waals surface area (Å²) in [5.74, 6) is 1.42. The van der Waals surface area contributed by atoms with Crippen LogP contribution < -0.4 is 5.32 Å². The first kappa shape index (κ1) is 15.7. The Morgan fingerprint density at radius 2 is 2.25 bits per heavy atom. The first-order chi connectivity index (χ1) is 9.78. The maximum Gasteiger partial charge on any atom is 0.236 e. The monoisotopic (exact) mass is 316 g/mol. The van der Waals surface area contributed by atoms with E-state index in [1.165, 1.54) is 11.3 Å². The number of ether oxygens (including phenoxy) is 1. The lowest BCUT2D eigenvalue weighted by atomic mass is 10.4. The minimum Gasteiger partial charge on any atom is -0.379 e. The molecule has 1 amide bonds. The minimum atomic E-state index is -0.00391. The fraction of sp³-hybridized carbons (Fsp3) is 0.750. The van der Waals surface area contributed by atoms with Crippen molar-refractivity contribution >= 4 is 34.1 Å². The van der Waals surface area contributed by atoms with E-state index in [4.69, 9.17) is 4.74 Å². The normalized spacial score (nSPS) is 16.2. The molecule has 1 N–H and O–H groups in total. The zero-order valence-electron chi connectivity index (χ0n) is 11.6. The van der Waals surface area contributed by atoms with E-state index in [1.807, 2.05) is 6.92 Å². The molecule has 0 spiro atoms. The van der Waals surface area contributed by atoms with E-state index >= 15 is 0 Å². The molecule has 1 aromatic rings. The van der Waals surface area contributed by atoms with E-state index < -0.39 is 0 Å². The highest BCUT2D eigenvalue weighted by atomic mass is 32.2. The van der Waals surface area contributed by atoms with Crippen LogP contribution in [-0.4, -0.2) is 65.4 Å². The van der Waals surface area contributed by atoms with Crippen molar-refractivity contribution in [3.8, 4) is 0 Å². The Hall–Kier alpha value is -0.700. The number of rotatable bonds is 7. The molecule has 0 unspecified atom stereocenters. The van der Waals surface area contributed by atoms with Gasteiger partial charge in [0.05, 0.1) is 19.0 Å². The topological polar surface area (TPSA) is 67.4 Å². The molecule has 20 heavy (non-hydrogen) atoms. The molecule has 0 saturated carbocycles.